The molecule has 1 atom stereocenters. The molecule has 0 aliphatic carbocycles. The molecule has 1 N–H and O–H groups in total. The Morgan fingerprint density at radius 1 is 1.50 bits per heavy atom. The molecule has 4 nitrogen and oxygen atoms in total. The van der Waals surface area contributed by atoms with Gasteiger partial charge in [0.2, 0.25) is 0 Å². The van der Waals surface area contributed by atoms with Crippen molar-refractivity contribution < 1.29 is 14.6 Å². The molecule has 1 rings (SSSR count). The Hall–Kier alpha value is -0.610. The number of hydrogen-bond donors (Lipinski definition) is 1. The van der Waals surface area contributed by atoms with E-state index in [1.807, 2.05) is 0 Å². The summed E-state index contributed by atoms with van der Waals surface area (Å²) < 4.78 is 5.56. The molecule has 106 valence electrons. The summed E-state index contributed by atoms with van der Waals surface area (Å²) in [6, 6.07) is 0. The number of carbonyl (C=O) groups is 1. The first-order chi connectivity index (χ1) is 8.50. The molecular weight excluding hydrogens is 230 g/mol. The van der Waals surface area contributed by atoms with Gasteiger partial charge < -0.3 is 9.84 Å². The van der Waals surface area contributed by atoms with Gasteiger partial charge in [-0.2, -0.15) is 0 Å². The van der Waals surface area contributed by atoms with Crippen LogP contribution >= 0.6 is 0 Å². The summed E-state index contributed by atoms with van der Waals surface area (Å²) in [6.07, 6.45) is 2.50. The lowest BCUT2D eigenvalue weighted by Crippen LogP contribution is -2.35. The molecule has 1 aliphatic heterocycles. The smallest absolute Gasteiger partial charge is 0.310 e. The lowest BCUT2D eigenvalue weighted by atomic mass is 9.83. The SMILES string of the molecule is CCCC1(C(=O)O)CCN(CCOCC(C)C)C1. The van der Waals surface area contributed by atoms with Gasteiger partial charge in [-0.05, 0) is 25.3 Å². The van der Waals surface area contributed by atoms with Crippen molar-refractivity contribution in [3.63, 3.8) is 0 Å². The molecule has 1 heterocycles. The number of ether oxygens (including phenoxy) is 1. The van der Waals surface area contributed by atoms with E-state index >= 15 is 0 Å². The number of carboxylic acids is 1. The summed E-state index contributed by atoms with van der Waals surface area (Å²) >= 11 is 0. The van der Waals surface area contributed by atoms with Gasteiger partial charge in [-0.15, -0.1) is 0 Å². The lowest BCUT2D eigenvalue weighted by molar-refractivity contribution is -0.148. The van der Waals surface area contributed by atoms with Gasteiger partial charge in [-0.1, -0.05) is 27.2 Å². The summed E-state index contributed by atoms with van der Waals surface area (Å²) in [7, 11) is 0. The highest BCUT2D eigenvalue weighted by Gasteiger charge is 2.43. The van der Waals surface area contributed by atoms with Crippen molar-refractivity contribution in [1.29, 1.82) is 0 Å². The molecule has 1 saturated heterocycles. The highest BCUT2D eigenvalue weighted by Crippen LogP contribution is 2.35. The van der Waals surface area contributed by atoms with Crippen LogP contribution < -0.4 is 0 Å². The standard InChI is InChI=1S/C14H27NO3/c1-4-5-14(13(16)17)6-7-15(11-14)8-9-18-10-12(2)3/h12H,4-11H2,1-3H3,(H,16,17). The molecule has 18 heavy (non-hydrogen) atoms. The molecule has 0 aromatic rings. The third-order valence-corrected chi connectivity index (χ3v) is 3.62. The van der Waals surface area contributed by atoms with E-state index in [0.29, 0.717) is 19.1 Å². The van der Waals surface area contributed by atoms with Gasteiger partial charge in [0.05, 0.1) is 12.0 Å². The molecule has 1 aliphatic rings. The fourth-order valence-electron chi connectivity index (χ4n) is 2.63. The minimum atomic E-state index is -0.630. The maximum atomic E-state index is 11.4. The van der Waals surface area contributed by atoms with Crippen molar-refractivity contribution in [2.75, 3.05) is 32.8 Å². The van der Waals surface area contributed by atoms with Gasteiger partial charge >= 0.3 is 5.97 Å². The molecule has 1 fully saturated rings. The third kappa shape index (κ3) is 4.25. The lowest BCUT2D eigenvalue weighted by Gasteiger charge is -2.24. The minimum Gasteiger partial charge on any atom is -0.481 e. The number of rotatable bonds is 8. The van der Waals surface area contributed by atoms with E-state index in [2.05, 4.69) is 25.7 Å². The molecule has 0 aromatic carbocycles. The maximum absolute atomic E-state index is 11.4. The Kier molecular flexibility index (Phi) is 6.09. The van der Waals surface area contributed by atoms with E-state index in [4.69, 9.17) is 4.74 Å². The number of nitrogens with zero attached hydrogens (tertiary/aromatic N) is 1. The van der Waals surface area contributed by atoms with Crippen molar-refractivity contribution in [2.24, 2.45) is 11.3 Å². The van der Waals surface area contributed by atoms with Gasteiger partial charge in [0.1, 0.15) is 0 Å². The molecule has 4 heteroatoms. The van der Waals surface area contributed by atoms with Crippen LogP contribution in [-0.4, -0.2) is 48.8 Å². The zero-order valence-electron chi connectivity index (χ0n) is 11.9. The van der Waals surface area contributed by atoms with Gasteiger partial charge in [-0.3, -0.25) is 9.69 Å². The summed E-state index contributed by atoms with van der Waals surface area (Å²) in [4.78, 5) is 13.6. The van der Waals surface area contributed by atoms with Crippen molar-refractivity contribution in [3.05, 3.63) is 0 Å². The second-order valence-electron chi connectivity index (χ2n) is 5.83. The summed E-state index contributed by atoms with van der Waals surface area (Å²) in [5.74, 6) is -0.0725. The number of likely N-dealkylation sites (tertiary alicyclic amines) is 1. The second kappa shape index (κ2) is 7.10. The highest BCUT2D eigenvalue weighted by molar-refractivity contribution is 5.75. The van der Waals surface area contributed by atoms with Crippen LogP contribution in [0.4, 0.5) is 0 Å². The van der Waals surface area contributed by atoms with Crippen molar-refractivity contribution in [3.8, 4) is 0 Å². The van der Waals surface area contributed by atoms with Crippen molar-refractivity contribution >= 4 is 5.97 Å². The summed E-state index contributed by atoms with van der Waals surface area (Å²) in [5.41, 5.74) is -0.507. The largest absolute Gasteiger partial charge is 0.481 e. The van der Waals surface area contributed by atoms with Crippen LogP contribution in [0.15, 0.2) is 0 Å². The number of carboxylic acid groups (broad SMARTS) is 1. The van der Waals surface area contributed by atoms with Crippen LogP contribution in [0.1, 0.15) is 40.0 Å². The molecule has 0 aromatic heterocycles. The van der Waals surface area contributed by atoms with Crippen molar-refractivity contribution in [2.45, 2.75) is 40.0 Å². The van der Waals surface area contributed by atoms with E-state index in [-0.39, 0.29) is 0 Å². The Labute approximate surface area is 110 Å². The quantitative estimate of drug-likeness (QED) is 0.677. The van der Waals surface area contributed by atoms with Crippen molar-refractivity contribution in [1.82, 2.24) is 4.90 Å². The fourth-order valence-corrected chi connectivity index (χ4v) is 2.63. The molecule has 0 saturated carbocycles. The first kappa shape index (κ1) is 15.4. The average Bonchev–Trinajstić information content (AvgIpc) is 2.70. The Morgan fingerprint density at radius 3 is 2.78 bits per heavy atom. The second-order valence-corrected chi connectivity index (χ2v) is 5.83. The number of aliphatic carboxylic acids is 1. The van der Waals surface area contributed by atoms with Crippen LogP contribution in [0.3, 0.4) is 0 Å². The van der Waals surface area contributed by atoms with Gasteiger partial charge in [0.15, 0.2) is 0 Å². The average molecular weight is 257 g/mol. The van der Waals surface area contributed by atoms with Gasteiger partial charge in [0.25, 0.3) is 0 Å². The molecular formula is C14H27NO3. The molecule has 0 amide bonds. The Bertz CT molecular complexity index is 268. The summed E-state index contributed by atoms with van der Waals surface area (Å²) in [5, 5.41) is 9.40. The fraction of sp³-hybridized carbons (Fsp3) is 0.929. The van der Waals surface area contributed by atoms with Crippen LogP contribution in [0.2, 0.25) is 0 Å². The van der Waals surface area contributed by atoms with Crippen LogP contribution in [0.5, 0.6) is 0 Å². The van der Waals surface area contributed by atoms with Crippen LogP contribution in [0, 0.1) is 11.3 Å². The van der Waals surface area contributed by atoms with Gasteiger partial charge in [0, 0.05) is 19.7 Å². The predicted octanol–water partition coefficient (Wildman–Crippen LogP) is 2.24. The minimum absolute atomic E-state index is 0.507. The molecule has 1 unspecified atom stereocenters. The number of hydrogen-bond acceptors (Lipinski definition) is 3. The van der Waals surface area contributed by atoms with Crippen LogP contribution in [-0.2, 0) is 9.53 Å². The molecule has 0 spiro atoms. The van der Waals surface area contributed by atoms with E-state index in [1.54, 1.807) is 0 Å². The van der Waals surface area contributed by atoms with Gasteiger partial charge in [-0.25, -0.2) is 0 Å². The van der Waals surface area contributed by atoms with E-state index < -0.39 is 11.4 Å². The van der Waals surface area contributed by atoms with E-state index in [1.165, 1.54) is 0 Å². The summed E-state index contributed by atoms with van der Waals surface area (Å²) in [6.45, 7) is 10.2. The molecule has 0 bridgehead atoms. The van der Waals surface area contributed by atoms with E-state index in [9.17, 15) is 9.90 Å². The first-order valence-electron chi connectivity index (χ1n) is 7.03. The first-order valence-corrected chi connectivity index (χ1v) is 7.03. The van der Waals surface area contributed by atoms with Crippen LogP contribution in [0.25, 0.3) is 0 Å². The zero-order valence-corrected chi connectivity index (χ0v) is 11.9. The molecule has 0 radical (unpaired) electrons. The third-order valence-electron chi connectivity index (χ3n) is 3.62. The maximum Gasteiger partial charge on any atom is 0.310 e. The topological polar surface area (TPSA) is 49.8 Å². The Balaban J connectivity index is 2.32. The normalized spacial score (nSPS) is 24.9. The predicted molar refractivity (Wildman–Crippen MR) is 71.7 cm³/mol. The Morgan fingerprint density at radius 2 is 2.22 bits per heavy atom. The highest BCUT2D eigenvalue weighted by atomic mass is 16.5. The zero-order chi connectivity index (χ0) is 13.6. The van der Waals surface area contributed by atoms with E-state index in [0.717, 1.165) is 39.0 Å². The monoisotopic (exact) mass is 257 g/mol.